The van der Waals surface area contributed by atoms with E-state index in [1.807, 2.05) is 0 Å². The molecule has 0 radical (unpaired) electrons. The predicted octanol–water partition coefficient (Wildman–Crippen LogP) is 2.82. The normalized spacial score (nSPS) is 13.1. The molecule has 35 heavy (non-hydrogen) atoms. The van der Waals surface area contributed by atoms with Gasteiger partial charge in [-0.05, 0) is 29.8 Å². The third-order valence-electron chi connectivity index (χ3n) is 5.31. The molecule has 2 N–H and O–H groups in total. The maximum atomic E-state index is 14.0. The van der Waals surface area contributed by atoms with Crippen molar-refractivity contribution in [3.8, 4) is 11.5 Å². The van der Waals surface area contributed by atoms with Gasteiger partial charge in [-0.25, -0.2) is 22.3 Å². The van der Waals surface area contributed by atoms with E-state index in [-0.39, 0.29) is 13.2 Å². The quantitative estimate of drug-likeness (QED) is 0.517. The summed E-state index contributed by atoms with van der Waals surface area (Å²) in [4.78, 5) is 26.6. The number of hydrogen-bond acceptors (Lipinski definition) is 6. The molecule has 3 aromatic carbocycles. The van der Waals surface area contributed by atoms with Gasteiger partial charge in [0.2, 0.25) is 12.7 Å². The summed E-state index contributed by atoms with van der Waals surface area (Å²) in [6.45, 7) is 0.0747. The number of likely N-dealkylation sites (N-methyl/N-ethyl adjacent to an activating group) is 1. The van der Waals surface area contributed by atoms with Crippen molar-refractivity contribution in [2.75, 3.05) is 18.7 Å². The average molecular weight is 500 g/mol. The van der Waals surface area contributed by atoms with E-state index in [0.29, 0.717) is 17.2 Å². The molecule has 0 fully saturated rings. The molecule has 4 rings (SSSR count). The number of ether oxygens (including phenoxy) is 2. The third kappa shape index (κ3) is 5.52. The highest BCUT2D eigenvalue weighted by Gasteiger charge is 2.29. The zero-order chi connectivity index (χ0) is 25.0. The molecule has 0 saturated heterocycles. The number of sulfonamides is 1. The van der Waals surface area contributed by atoms with Crippen LogP contribution in [-0.4, -0.2) is 40.2 Å². The summed E-state index contributed by atoms with van der Waals surface area (Å²) < 4.78 is 51.4. The number of carbonyl (C=O) groups excluding carboxylic acids is 2. The van der Waals surface area contributed by atoms with Crippen LogP contribution in [0, 0.1) is 5.82 Å². The van der Waals surface area contributed by atoms with Gasteiger partial charge in [-0.15, -0.1) is 0 Å². The molecule has 11 heteroatoms. The van der Waals surface area contributed by atoms with Crippen molar-refractivity contribution in [3.63, 3.8) is 0 Å². The summed E-state index contributed by atoms with van der Waals surface area (Å²) in [5.41, 5.74) is 1.22. The molecule has 1 aliphatic heterocycles. The van der Waals surface area contributed by atoms with E-state index < -0.39 is 38.7 Å². The molecule has 0 saturated carbocycles. The largest absolute Gasteiger partial charge is 0.454 e. The van der Waals surface area contributed by atoms with Gasteiger partial charge in [0.25, 0.3) is 10.0 Å². The molecular weight excluding hydrogens is 477 g/mol. The predicted molar refractivity (Wildman–Crippen MR) is 125 cm³/mol. The number of anilines is 1. The SMILES string of the molecule is CN(C(=O)C(Cc1ccccc1)NC(=O)NS(=O)(=O)c1ccccc1F)c1ccc2c(c1)OCO2. The van der Waals surface area contributed by atoms with Crippen LogP contribution in [0.4, 0.5) is 14.9 Å². The number of fused-ring (bicyclic) bond motifs is 1. The summed E-state index contributed by atoms with van der Waals surface area (Å²) in [7, 11) is -2.98. The lowest BCUT2D eigenvalue weighted by atomic mass is 10.0. The van der Waals surface area contributed by atoms with Crippen LogP contribution < -0.4 is 24.4 Å². The first kappa shape index (κ1) is 24.0. The van der Waals surface area contributed by atoms with Crippen molar-refractivity contribution < 1.29 is 31.9 Å². The number of hydrogen-bond donors (Lipinski definition) is 2. The van der Waals surface area contributed by atoms with Gasteiger partial charge in [0.05, 0.1) is 0 Å². The lowest BCUT2D eigenvalue weighted by Gasteiger charge is -2.25. The van der Waals surface area contributed by atoms with Crippen LogP contribution in [0.2, 0.25) is 0 Å². The molecule has 1 unspecified atom stereocenters. The van der Waals surface area contributed by atoms with Crippen molar-refractivity contribution in [2.24, 2.45) is 0 Å². The minimum absolute atomic E-state index is 0.0747. The number of urea groups is 1. The van der Waals surface area contributed by atoms with Crippen LogP contribution in [0.25, 0.3) is 0 Å². The summed E-state index contributed by atoms with van der Waals surface area (Å²) in [5, 5.41) is 2.41. The van der Waals surface area contributed by atoms with Crippen molar-refractivity contribution in [3.05, 3.63) is 84.2 Å². The second kappa shape index (κ2) is 10.0. The molecule has 1 aliphatic rings. The van der Waals surface area contributed by atoms with Gasteiger partial charge in [0.15, 0.2) is 11.5 Å². The van der Waals surface area contributed by atoms with Gasteiger partial charge in [-0.2, -0.15) is 0 Å². The van der Waals surface area contributed by atoms with E-state index >= 15 is 0 Å². The molecule has 0 bridgehead atoms. The third-order valence-corrected chi connectivity index (χ3v) is 6.68. The summed E-state index contributed by atoms with van der Waals surface area (Å²) in [6.07, 6.45) is 0.0851. The number of rotatable bonds is 7. The Labute approximate surface area is 201 Å². The van der Waals surface area contributed by atoms with Crippen molar-refractivity contribution in [2.45, 2.75) is 17.4 Å². The molecular formula is C24H22FN3O6S. The topological polar surface area (TPSA) is 114 Å². The van der Waals surface area contributed by atoms with E-state index in [9.17, 15) is 22.4 Å². The van der Waals surface area contributed by atoms with Gasteiger partial charge < -0.3 is 19.7 Å². The fraction of sp³-hybridized carbons (Fsp3) is 0.167. The number of carbonyl (C=O) groups is 2. The fourth-order valence-electron chi connectivity index (χ4n) is 3.53. The van der Waals surface area contributed by atoms with E-state index in [1.54, 1.807) is 53.3 Å². The second-order valence-corrected chi connectivity index (χ2v) is 9.34. The number of nitrogens with one attached hydrogen (secondary N) is 2. The molecule has 1 heterocycles. The number of amides is 3. The monoisotopic (exact) mass is 499 g/mol. The summed E-state index contributed by atoms with van der Waals surface area (Å²) in [6, 6.07) is 16.2. The van der Waals surface area contributed by atoms with E-state index in [1.165, 1.54) is 24.1 Å². The zero-order valence-electron chi connectivity index (χ0n) is 18.6. The average Bonchev–Trinajstić information content (AvgIpc) is 3.31. The Hall–Kier alpha value is -4.12. The van der Waals surface area contributed by atoms with Crippen molar-refractivity contribution in [1.29, 1.82) is 0 Å². The van der Waals surface area contributed by atoms with Crippen LogP contribution in [0.1, 0.15) is 5.56 Å². The molecule has 0 aliphatic carbocycles. The van der Waals surface area contributed by atoms with Gasteiger partial charge in [-0.3, -0.25) is 4.79 Å². The Morgan fingerprint density at radius 2 is 1.69 bits per heavy atom. The van der Waals surface area contributed by atoms with Crippen LogP contribution >= 0.6 is 0 Å². The highest BCUT2D eigenvalue weighted by atomic mass is 32.2. The lowest BCUT2D eigenvalue weighted by Crippen LogP contribution is -2.52. The maximum Gasteiger partial charge on any atom is 0.329 e. The molecule has 0 spiro atoms. The highest BCUT2D eigenvalue weighted by Crippen LogP contribution is 2.35. The van der Waals surface area contributed by atoms with Crippen molar-refractivity contribution in [1.82, 2.24) is 10.0 Å². The minimum atomic E-state index is -4.51. The van der Waals surface area contributed by atoms with E-state index in [0.717, 1.165) is 17.7 Å². The Kier molecular flexibility index (Phi) is 6.87. The zero-order valence-corrected chi connectivity index (χ0v) is 19.4. The molecule has 3 aromatic rings. The summed E-state index contributed by atoms with van der Waals surface area (Å²) >= 11 is 0. The Morgan fingerprint density at radius 3 is 2.43 bits per heavy atom. The first-order valence-corrected chi connectivity index (χ1v) is 12.0. The molecule has 182 valence electrons. The standard InChI is InChI=1S/C24H22FN3O6S/c1-28(17-11-12-20-21(14-17)34-15-33-20)23(29)19(13-16-7-3-2-4-8-16)26-24(30)27-35(31,32)22-10-6-5-9-18(22)25/h2-12,14,19H,13,15H2,1H3,(H2,26,27,30). The number of halogens is 1. The van der Waals surface area contributed by atoms with Gasteiger partial charge >= 0.3 is 6.03 Å². The Balaban J connectivity index is 1.55. The molecule has 3 amide bonds. The highest BCUT2D eigenvalue weighted by molar-refractivity contribution is 7.90. The van der Waals surface area contributed by atoms with Crippen LogP contribution in [0.3, 0.4) is 0 Å². The van der Waals surface area contributed by atoms with E-state index in [2.05, 4.69) is 5.32 Å². The van der Waals surface area contributed by atoms with Crippen LogP contribution in [0.15, 0.2) is 77.7 Å². The smallest absolute Gasteiger partial charge is 0.329 e. The summed E-state index contributed by atoms with van der Waals surface area (Å²) in [5.74, 6) is -0.492. The van der Waals surface area contributed by atoms with Crippen LogP contribution in [0.5, 0.6) is 11.5 Å². The molecule has 1 atom stereocenters. The molecule has 9 nitrogen and oxygen atoms in total. The first-order chi connectivity index (χ1) is 16.7. The van der Waals surface area contributed by atoms with E-state index in [4.69, 9.17) is 9.47 Å². The van der Waals surface area contributed by atoms with Crippen LogP contribution in [-0.2, 0) is 21.2 Å². The molecule has 0 aromatic heterocycles. The van der Waals surface area contributed by atoms with Crippen molar-refractivity contribution >= 4 is 27.6 Å². The number of nitrogens with zero attached hydrogens (tertiary/aromatic N) is 1. The lowest BCUT2D eigenvalue weighted by molar-refractivity contribution is -0.120. The second-order valence-electron chi connectivity index (χ2n) is 7.69. The van der Waals surface area contributed by atoms with Gasteiger partial charge in [0.1, 0.15) is 16.8 Å². The van der Waals surface area contributed by atoms with Gasteiger partial charge in [0, 0.05) is 25.2 Å². The Morgan fingerprint density at radius 1 is 1.00 bits per heavy atom. The van der Waals surface area contributed by atoms with Gasteiger partial charge in [-0.1, -0.05) is 42.5 Å². The number of benzene rings is 3. The Bertz CT molecular complexity index is 1350. The maximum absolute atomic E-state index is 14.0. The first-order valence-electron chi connectivity index (χ1n) is 10.5. The minimum Gasteiger partial charge on any atom is -0.454 e. The fourth-order valence-corrected chi connectivity index (χ4v) is 4.53.